The van der Waals surface area contributed by atoms with E-state index in [4.69, 9.17) is 4.74 Å². The molecule has 1 heterocycles. The van der Waals surface area contributed by atoms with E-state index < -0.39 is 10.0 Å². The Bertz CT molecular complexity index is 933. The Balaban J connectivity index is 1.36. The average molecular weight is 447 g/mol. The van der Waals surface area contributed by atoms with Gasteiger partial charge in [-0.25, -0.2) is 8.42 Å². The molecule has 5 aliphatic rings. The second kappa shape index (κ2) is 7.85. The summed E-state index contributed by atoms with van der Waals surface area (Å²) in [5, 5.41) is 0. The third kappa shape index (κ3) is 3.93. The van der Waals surface area contributed by atoms with Crippen LogP contribution in [-0.4, -0.2) is 63.4 Å². The summed E-state index contributed by atoms with van der Waals surface area (Å²) in [6.07, 6.45) is 7.91. The zero-order valence-corrected chi connectivity index (χ0v) is 19.5. The van der Waals surface area contributed by atoms with E-state index in [-0.39, 0.29) is 16.2 Å². The third-order valence-electron chi connectivity index (χ3n) is 8.13. The van der Waals surface area contributed by atoms with Crippen LogP contribution in [0.2, 0.25) is 0 Å². The summed E-state index contributed by atoms with van der Waals surface area (Å²) in [5.41, 5.74) is 1.59. The van der Waals surface area contributed by atoms with Crippen molar-refractivity contribution >= 4 is 15.9 Å². The number of benzene rings is 1. The number of nitrogens with zero attached hydrogens (tertiary/aromatic N) is 2. The highest BCUT2D eigenvalue weighted by Gasteiger charge is 2.51. The molecule has 5 fully saturated rings. The zero-order valence-electron chi connectivity index (χ0n) is 18.7. The number of ether oxygens (including phenoxy) is 1. The highest BCUT2D eigenvalue weighted by molar-refractivity contribution is 7.89. The van der Waals surface area contributed by atoms with Gasteiger partial charge in [-0.1, -0.05) is 6.07 Å². The van der Waals surface area contributed by atoms with Gasteiger partial charge >= 0.3 is 0 Å². The summed E-state index contributed by atoms with van der Waals surface area (Å²) in [6, 6.07) is 4.97. The molecule has 1 saturated heterocycles. The van der Waals surface area contributed by atoms with Crippen LogP contribution in [0.25, 0.3) is 0 Å². The van der Waals surface area contributed by atoms with Crippen LogP contribution in [0, 0.1) is 30.1 Å². The number of hydrogen-bond donors (Lipinski definition) is 0. The maximum Gasteiger partial charge on any atom is 0.253 e. The van der Waals surface area contributed by atoms with E-state index in [0.29, 0.717) is 31.9 Å². The molecule has 1 aliphatic heterocycles. The fourth-order valence-corrected chi connectivity index (χ4v) is 8.63. The molecule has 7 heteroatoms. The molecule has 170 valence electrons. The van der Waals surface area contributed by atoms with Gasteiger partial charge in [0.05, 0.1) is 18.1 Å². The number of hydrogen-bond acceptors (Lipinski definition) is 4. The summed E-state index contributed by atoms with van der Waals surface area (Å²) in [6.45, 7) is 4.19. The minimum atomic E-state index is -3.62. The smallest absolute Gasteiger partial charge is 0.253 e. The monoisotopic (exact) mass is 446 g/mol. The Kier molecular flexibility index (Phi) is 5.42. The van der Waals surface area contributed by atoms with Crippen molar-refractivity contribution in [2.45, 2.75) is 50.3 Å². The molecule has 4 bridgehead atoms. The number of aryl methyl sites for hydroxylation is 1. The molecule has 1 aromatic carbocycles. The van der Waals surface area contributed by atoms with Crippen LogP contribution in [0.3, 0.4) is 0 Å². The van der Waals surface area contributed by atoms with Crippen molar-refractivity contribution in [1.29, 1.82) is 0 Å². The molecule has 1 aromatic rings. The summed E-state index contributed by atoms with van der Waals surface area (Å²) in [7, 11) is -1.73. The van der Waals surface area contributed by atoms with Gasteiger partial charge in [-0.2, -0.15) is 4.31 Å². The lowest BCUT2D eigenvalue weighted by atomic mass is 9.49. The number of rotatable bonds is 5. The standard InChI is InChI=1S/C24H34N2O4S/c1-17-3-4-21(31(28,29)26-5-7-30-8-6-26)12-22(17)23(27)25(2)16-24-13-18-9-19(14-24)11-20(10-18)15-24/h3-4,12,18-20H,5-11,13-16H2,1-2H3. The fourth-order valence-electron chi connectivity index (χ4n) is 7.19. The molecular formula is C24H34N2O4S. The first-order valence-corrected chi connectivity index (χ1v) is 13.1. The number of morpholine rings is 1. The molecule has 0 atom stereocenters. The molecule has 0 unspecified atom stereocenters. The average Bonchev–Trinajstić information content (AvgIpc) is 2.72. The van der Waals surface area contributed by atoms with Gasteiger partial charge in [0.25, 0.3) is 5.91 Å². The van der Waals surface area contributed by atoms with Crippen LogP contribution in [0.15, 0.2) is 23.1 Å². The Morgan fingerprint density at radius 2 is 1.68 bits per heavy atom. The first kappa shape index (κ1) is 21.4. The molecule has 0 radical (unpaired) electrons. The van der Waals surface area contributed by atoms with Crippen molar-refractivity contribution in [3.05, 3.63) is 29.3 Å². The summed E-state index contributed by atoms with van der Waals surface area (Å²) < 4.78 is 32.9. The van der Waals surface area contributed by atoms with Crippen molar-refractivity contribution in [1.82, 2.24) is 9.21 Å². The first-order valence-electron chi connectivity index (χ1n) is 11.7. The van der Waals surface area contributed by atoms with Crippen molar-refractivity contribution in [2.75, 3.05) is 39.9 Å². The maximum absolute atomic E-state index is 13.4. The van der Waals surface area contributed by atoms with Gasteiger partial charge in [0.1, 0.15) is 0 Å². The summed E-state index contributed by atoms with van der Waals surface area (Å²) in [4.78, 5) is 15.5. The molecule has 4 saturated carbocycles. The van der Waals surface area contributed by atoms with Crippen molar-refractivity contribution < 1.29 is 17.9 Å². The molecule has 1 amide bonds. The number of carbonyl (C=O) groups excluding carboxylic acids is 1. The van der Waals surface area contributed by atoms with Crippen LogP contribution in [0.1, 0.15) is 54.4 Å². The second-order valence-electron chi connectivity index (χ2n) is 10.6. The van der Waals surface area contributed by atoms with Crippen LogP contribution in [0.4, 0.5) is 0 Å². The van der Waals surface area contributed by atoms with Gasteiger partial charge < -0.3 is 9.64 Å². The highest BCUT2D eigenvalue weighted by atomic mass is 32.2. The third-order valence-corrected chi connectivity index (χ3v) is 10.0. The maximum atomic E-state index is 13.4. The van der Waals surface area contributed by atoms with E-state index in [2.05, 4.69) is 0 Å². The van der Waals surface area contributed by atoms with E-state index in [0.717, 1.165) is 29.9 Å². The van der Waals surface area contributed by atoms with Crippen molar-refractivity contribution in [3.8, 4) is 0 Å². The molecule has 0 spiro atoms. The van der Waals surface area contributed by atoms with Gasteiger partial charge in [-0.05, 0) is 86.3 Å². The van der Waals surface area contributed by atoms with Gasteiger partial charge in [0.15, 0.2) is 0 Å². The number of carbonyl (C=O) groups is 1. The van der Waals surface area contributed by atoms with E-state index in [1.54, 1.807) is 18.2 Å². The van der Waals surface area contributed by atoms with Crippen molar-refractivity contribution in [3.63, 3.8) is 0 Å². The van der Waals surface area contributed by atoms with E-state index in [9.17, 15) is 13.2 Å². The molecule has 31 heavy (non-hydrogen) atoms. The topological polar surface area (TPSA) is 66.9 Å². The van der Waals surface area contributed by atoms with Gasteiger partial charge in [-0.3, -0.25) is 4.79 Å². The lowest BCUT2D eigenvalue weighted by Crippen LogP contribution is -2.51. The minimum absolute atomic E-state index is 0.0627. The van der Waals surface area contributed by atoms with Gasteiger partial charge in [0.2, 0.25) is 10.0 Å². The van der Waals surface area contributed by atoms with E-state index >= 15 is 0 Å². The normalized spacial score (nSPS) is 32.9. The Morgan fingerprint density at radius 3 is 2.26 bits per heavy atom. The highest BCUT2D eigenvalue weighted by Crippen LogP contribution is 2.60. The molecule has 6 rings (SSSR count). The second-order valence-corrected chi connectivity index (χ2v) is 12.5. The van der Waals surface area contributed by atoms with E-state index in [1.807, 2.05) is 18.9 Å². The zero-order chi connectivity index (χ0) is 21.8. The van der Waals surface area contributed by atoms with Gasteiger partial charge in [0, 0.05) is 32.2 Å². The first-order chi connectivity index (χ1) is 14.8. The Labute approximate surface area is 186 Å². The molecule has 0 aromatic heterocycles. The van der Waals surface area contributed by atoms with Crippen molar-refractivity contribution in [2.24, 2.45) is 23.2 Å². The SMILES string of the molecule is Cc1ccc(S(=O)(=O)N2CCOCC2)cc1C(=O)N(C)CC12CC3CC(CC(C3)C1)C2. The Hall–Kier alpha value is -1.44. The quantitative estimate of drug-likeness (QED) is 0.696. The molecule has 6 nitrogen and oxygen atoms in total. The summed E-state index contributed by atoms with van der Waals surface area (Å²) in [5.74, 6) is 2.47. The molecular weight excluding hydrogens is 412 g/mol. The number of amides is 1. The fraction of sp³-hybridized carbons (Fsp3) is 0.708. The van der Waals surface area contributed by atoms with Crippen LogP contribution in [0.5, 0.6) is 0 Å². The van der Waals surface area contributed by atoms with Crippen LogP contribution < -0.4 is 0 Å². The predicted molar refractivity (Wildman–Crippen MR) is 118 cm³/mol. The van der Waals surface area contributed by atoms with Crippen LogP contribution >= 0.6 is 0 Å². The minimum Gasteiger partial charge on any atom is -0.379 e. The lowest BCUT2D eigenvalue weighted by molar-refractivity contribution is -0.0629. The molecule has 0 N–H and O–H groups in total. The van der Waals surface area contributed by atoms with Gasteiger partial charge in [-0.15, -0.1) is 0 Å². The number of sulfonamides is 1. The molecule has 4 aliphatic carbocycles. The largest absolute Gasteiger partial charge is 0.379 e. The predicted octanol–water partition coefficient (Wildman–Crippen LogP) is 3.30. The van der Waals surface area contributed by atoms with E-state index in [1.165, 1.54) is 42.8 Å². The van der Waals surface area contributed by atoms with Crippen LogP contribution in [-0.2, 0) is 14.8 Å². The lowest BCUT2D eigenvalue weighted by Gasteiger charge is -2.57. The summed E-state index contributed by atoms with van der Waals surface area (Å²) >= 11 is 0. The Morgan fingerprint density at radius 1 is 1.10 bits per heavy atom.